The van der Waals surface area contributed by atoms with Gasteiger partial charge in [0, 0.05) is 44.6 Å². The minimum atomic E-state index is 0.140. The van der Waals surface area contributed by atoms with Gasteiger partial charge < -0.3 is 24.4 Å². The molecule has 6 heteroatoms. The molecule has 0 amide bonds. The zero-order valence-corrected chi connectivity index (χ0v) is 17.4. The quantitative estimate of drug-likeness (QED) is 0.612. The molecule has 6 nitrogen and oxygen atoms in total. The molecule has 27 heavy (non-hydrogen) atoms. The van der Waals surface area contributed by atoms with Gasteiger partial charge in [-0.15, -0.1) is 0 Å². The third-order valence-electron chi connectivity index (χ3n) is 6.14. The summed E-state index contributed by atoms with van der Waals surface area (Å²) < 4.78 is 16.6. The fourth-order valence-electron chi connectivity index (χ4n) is 4.54. The topological polar surface area (TPSA) is 55.3 Å². The first kappa shape index (κ1) is 19.8. The number of benzene rings is 1. The summed E-state index contributed by atoms with van der Waals surface area (Å²) in [7, 11) is 7.26. The fraction of sp³-hybridized carbons (Fsp3) is 0.667. The maximum absolute atomic E-state index is 5.90. The molecule has 1 heterocycles. The molecule has 1 aliphatic heterocycles. The summed E-state index contributed by atoms with van der Waals surface area (Å²) in [5, 5.41) is 3.69. The van der Waals surface area contributed by atoms with Crippen molar-refractivity contribution in [2.24, 2.45) is 16.3 Å². The molecule has 0 aromatic heterocycles. The van der Waals surface area contributed by atoms with Gasteiger partial charge in [-0.2, -0.15) is 0 Å². The second-order valence-electron chi connectivity index (χ2n) is 8.10. The lowest BCUT2D eigenvalue weighted by Gasteiger charge is -2.55. The van der Waals surface area contributed by atoms with Crippen molar-refractivity contribution in [3.63, 3.8) is 0 Å². The summed E-state index contributed by atoms with van der Waals surface area (Å²) in [6.45, 7) is 6.32. The van der Waals surface area contributed by atoms with E-state index in [9.17, 15) is 0 Å². The number of nitrogens with zero attached hydrogens (tertiary/aromatic N) is 2. The fourth-order valence-corrected chi connectivity index (χ4v) is 4.54. The smallest absolute Gasteiger partial charge is 0.193 e. The van der Waals surface area contributed by atoms with Crippen molar-refractivity contribution >= 4 is 5.96 Å². The van der Waals surface area contributed by atoms with E-state index in [2.05, 4.69) is 42.2 Å². The Morgan fingerprint density at radius 3 is 2.70 bits per heavy atom. The van der Waals surface area contributed by atoms with Crippen molar-refractivity contribution in [3.05, 3.63) is 23.8 Å². The Hall–Kier alpha value is -1.95. The largest absolute Gasteiger partial charge is 0.493 e. The summed E-state index contributed by atoms with van der Waals surface area (Å²) in [4.78, 5) is 6.70. The molecule has 3 rings (SSSR count). The maximum atomic E-state index is 5.90. The van der Waals surface area contributed by atoms with Crippen LogP contribution in [0.5, 0.6) is 11.5 Å². The maximum Gasteiger partial charge on any atom is 0.193 e. The molecule has 2 fully saturated rings. The van der Waals surface area contributed by atoms with Crippen molar-refractivity contribution < 1.29 is 14.2 Å². The third-order valence-corrected chi connectivity index (χ3v) is 6.14. The number of rotatable bonds is 6. The van der Waals surface area contributed by atoms with E-state index in [1.807, 2.05) is 19.2 Å². The van der Waals surface area contributed by atoms with Gasteiger partial charge in [0.05, 0.1) is 20.3 Å². The molecule has 1 aliphatic carbocycles. The van der Waals surface area contributed by atoms with Crippen LogP contribution in [0.25, 0.3) is 0 Å². The lowest BCUT2D eigenvalue weighted by Crippen LogP contribution is -2.68. The van der Waals surface area contributed by atoms with Crippen molar-refractivity contribution in [2.45, 2.75) is 38.8 Å². The highest BCUT2D eigenvalue weighted by Gasteiger charge is 2.59. The number of hydrogen-bond donors (Lipinski definition) is 1. The van der Waals surface area contributed by atoms with Crippen molar-refractivity contribution in [1.82, 2.24) is 10.2 Å². The lowest BCUT2D eigenvalue weighted by molar-refractivity contribution is -0.107. The van der Waals surface area contributed by atoms with Gasteiger partial charge in [-0.1, -0.05) is 19.9 Å². The average molecular weight is 376 g/mol. The van der Waals surface area contributed by atoms with Crippen molar-refractivity contribution in [1.29, 1.82) is 0 Å². The summed E-state index contributed by atoms with van der Waals surface area (Å²) in [6, 6.07) is 6.49. The van der Waals surface area contributed by atoms with Gasteiger partial charge in [0.1, 0.15) is 0 Å². The van der Waals surface area contributed by atoms with E-state index in [4.69, 9.17) is 14.2 Å². The molecule has 1 aromatic carbocycles. The summed E-state index contributed by atoms with van der Waals surface area (Å²) in [5.74, 6) is 3.06. The Morgan fingerprint density at radius 2 is 2.04 bits per heavy atom. The van der Waals surface area contributed by atoms with Crippen LogP contribution in [0.2, 0.25) is 0 Å². The molecule has 1 saturated heterocycles. The molecule has 2 aliphatic rings. The first-order chi connectivity index (χ1) is 12.9. The zero-order chi connectivity index (χ0) is 19.6. The lowest BCUT2D eigenvalue weighted by atomic mass is 9.57. The van der Waals surface area contributed by atoms with E-state index in [1.165, 1.54) is 5.56 Å². The minimum absolute atomic E-state index is 0.140. The SMILES string of the molecule is CN=C(NC1C2CCOC2C1(C)C)N(C)CCc1ccc(OC)c(OC)c1. The van der Waals surface area contributed by atoms with E-state index in [0.29, 0.717) is 18.1 Å². The number of methoxy groups -OCH3 is 2. The van der Waals surface area contributed by atoms with Crippen LogP contribution in [0.1, 0.15) is 25.8 Å². The van der Waals surface area contributed by atoms with Crippen LogP contribution in [0.4, 0.5) is 0 Å². The number of aliphatic imine (C=N–C) groups is 1. The first-order valence-corrected chi connectivity index (χ1v) is 9.69. The second-order valence-corrected chi connectivity index (χ2v) is 8.10. The van der Waals surface area contributed by atoms with Crippen LogP contribution < -0.4 is 14.8 Å². The van der Waals surface area contributed by atoms with E-state index in [-0.39, 0.29) is 5.41 Å². The van der Waals surface area contributed by atoms with Crippen molar-refractivity contribution in [2.75, 3.05) is 41.5 Å². The van der Waals surface area contributed by atoms with Crippen LogP contribution in [0.15, 0.2) is 23.2 Å². The third kappa shape index (κ3) is 3.72. The molecular weight excluding hydrogens is 342 g/mol. The number of likely N-dealkylation sites (N-methyl/N-ethyl adjacent to an activating group) is 1. The molecule has 3 atom stereocenters. The van der Waals surface area contributed by atoms with Crippen LogP contribution in [0, 0.1) is 11.3 Å². The minimum Gasteiger partial charge on any atom is -0.493 e. The molecule has 0 bridgehead atoms. The van der Waals surface area contributed by atoms with Crippen LogP contribution in [0.3, 0.4) is 0 Å². The molecule has 0 radical (unpaired) electrons. The Balaban J connectivity index is 1.59. The van der Waals surface area contributed by atoms with Gasteiger partial charge in [0.25, 0.3) is 0 Å². The molecular formula is C21H33N3O3. The molecule has 1 N–H and O–H groups in total. The zero-order valence-electron chi connectivity index (χ0n) is 17.4. The van der Waals surface area contributed by atoms with Gasteiger partial charge in [-0.25, -0.2) is 0 Å². The first-order valence-electron chi connectivity index (χ1n) is 9.69. The highest BCUT2D eigenvalue weighted by atomic mass is 16.5. The second kappa shape index (κ2) is 7.97. The predicted octanol–water partition coefficient (Wildman–Crippen LogP) is 2.57. The van der Waals surface area contributed by atoms with Gasteiger partial charge in [0.15, 0.2) is 17.5 Å². The van der Waals surface area contributed by atoms with Crippen LogP contribution in [-0.2, 0) is 11.2 Å². The summed E-state index contributed by atoms with van der Waals surface area (Å²) in [5.41, 5.74) is 1.35. The molecule has 150 valence electrons. The Kier molecular flexibility index (Phi) is 5.84. The average Bonchev–Trinajstić information content (AvgIpc) is 3.13. The highest BCUT2D eigenvalue weighted by Crippen LogP contribution is 2.52. The number of ether oxygens (including phenoxy) is 3. The molecule has 1 aromatic rings. The van der Waals surface area contributed by atoms with E-state index in [1.54, 1.807) is 14.2 Å². The van der Waals surface area contributed by atoms with Gasteiger partial charge >= 0.3 is 0 Å². The molecule has 3 unspecified atom stereocenters. The Morgan fingerprint density at radius 1 is 1.30 bits per heavy atom. The summed E-state index contributed by atoms with van der Waals surface area (Å²) in [6.07, 6.45) is 2.42. The van der Waals surface area contributed by atoms with E-state index in [0.717, 1.165) is 43.5 Å². The number of hydrogen-bond acceptors (Lipinski definition) is 4. The van der Waals surface area contributed by atoms with E-state index < -0.39 is 0 Å². The number of fused-ring (bicyclic) bond motifs is 1. The van der Waals surface area contributed by atoms with Crippen LogP contribution >= 0.6 is 0 Å². The Labute approximate surface area is 162 Å². The Bertz CT molecular complexity index is 689. The number of guanidine groups is 1. The molecule has 1 saturated carbocycles. The number of nitrogens with one attached hydrogen (secondary N) is 1. The molecule has 0 spiro atoms. The van der Waals surface area contributed by atoms with Crippen LogP contribution in [-0.4, -0.2) is 64.5 Å². The summed E-state index contributed by atoms with van der Waals surface area (Å²) >= 11 is 0. The van der Waals surface area contributed by atoms with E-state index >= 15 is 0 Å². The highest BCUT2D eigenvalue weighted by molar-refractivity contribution is 5.80. The van der Waals surface area contributed by atoms with Gasteiger partial charge in [-0.3, -0.25) is 4.99 Å². The van der Waals surface area contributed by atoms with Gasteiger partial charge in [0.2, 0.25) is 0 Å². The van der Waals surface area contributed by atoms with Gasteiger partial charge in [-0.05, 0) is 30.5 Å². The standard InChI is InChI=1S/C21H33N3O3/c1-21(2)18(15-10-12-27-19(15)21)23-20(22-3)24(4)11-9-14-7-8-16(25-5)17(13-14)26-6/h7-8,13,15,18-19H,9-12H2,1-6H3,(H,22,23). The predicted molar refractivity (Wildman–Crippen MR) is 108 cm³/mol. The van der Waals surface area contributed by atoms with Crippen molar-refractivity contribution in [3.8, 4) is 11.5 Å². The monoisotopic (exact) mass is 375 g/mol. The normalized spacial score (nSPS) is 26.1.